The average Bonchev–Trinajstić information content (AvgIpc) is 2.42. The van der Waals surface area contributed by atoms with Crippen molar-refractivity contribution in [1.82, 2.24) is 0 Å². The summed E-state index contributed by atoms with van der Waals surface area (Å²) in [5, 5.41) is 0. The quantitative estimate of drug-likeness (QED) is 0.836. The number of aryl methyl sites for hydroxylation is 1. The highest BCUT2D eigenvalue weighted by atomic mass is 32.2. The second kappa shape index (κ2) is 6.09. The Morgan fingerprint density at radius 3 is 2.35 bits per heavy atom. The van der Waals surface area contributed by atoms with Crippen molar-refractivity contribution in [1.29, 1.82) is 0 Å². The number of sulfone groups is 1. The highest BCUT2D eigenvalue weighted by Gasteiger charge is 2.17. The molecular formula is C16H18O3S. The van der Waals surface area contributed by atoms with Crippen LogP contribution in [0.15, 0.2) is 53.4 Å². The molecule has 0 fully saturated rings. The molecule has 3 nitrogen and oxygen atoms in total. The van der Waals surface area contributed by atoms with E-state index in [2.05, 4.69) is 0 Å². The molecule has 0 unspecified atom stereocenters. The lowest BCUT2D eigenvalue weighted by Gasteiger charge is -2.10. The van der Waals surface area contributed by atoms with Crippen LogP contribution in [-0.2, 0) is 9.84 Å². The molecule has 0 saturated carbocycles. The molecule has 0 N–H and O–H groups in total. The molecule has 2 rings (SSSR count). The van der Waals surface area contributed by atoms with Gasteiger partial charge in [0.2, 0.25) is 0 Å². The molecule has 0 aliphatic rings. The predicted octanol–water partition coefficient (Wildman–Crippen LogP) is 3.97. The van der Waals surface area contributed by atoms with Crippen molar-refractivity contribution < 1.29 is 13.2 Å². The van der Waals surface area contributed by atoms with Crippen LogP contribution >= 0.6 is 0 Å². The van der Waals surface area contributed by atoms with E-state index in [-0.39, 0.29) is 5.75 Å². The van der Waals surface area contributed by atoms with Crippen LogP contribution in [0.3, 0.4) is 0 Å². The van der Waals surface area contributed by atoms with E-state index < -0.39 is 9.84 Å². The molecule has 0 heterocycles. The van der Waals surface area contributed by atoms with Crippen LogP contribution in [0.25, 0.3) is 0 Å². The second-order valence-corrected chi connectivity index (χ2v) is 6.74. The van der Waals surface area contributed by atoms with Crippen molar-refractivity contribution >= 4 is 9.84 Å². The summed E-state index contributed by atoms with van der Waals surface area (Å²) >= 11 is 0. The van der Waals surface area contributed by atoms with Gasteiger partial charge in [-0.15, -0.1) is 0 Å². The minimum Gasteiger partial charge on any atom is -0.457 e. The Hall–Kier alpha value is -1.81. The molecule has 0 saturated heterocycles. The van der Waals surface area contributed by atoms with Gasteiger partial charge in [0.1, 0.15) is 11.5 Å². The fourth-order valence-electron chi connectivity index (χ4n) is 1.98. The predicted molar refractivity (Wildman–Crippen MR) is 80.0 cm³/mol. The number of hydrogen-bond donors (Lipinski definition) is 0. The number of benzene rings is 2. The summed E-state index contributed by atoms with van der Waals surface area (Å²) in [5.74, 6) is 1.38. The zero-order valence-corrected chi connectivity index (χ0v) is 12.5. The molecule has 2 aromatic rings. The van der Waals surface area contributed by atoms with Crippen molar-refractivity contribution in [2.75, 3.05) is 5.75 Å². The fourth-order valence-corrected chi connectivity index (χ4v) is 3.59. The molecule has 0 aliphatic carbocycles. The number of rotatable bonds is 5. The third-order valence-corrected chi connectivity index (χ3v) is 5.00. The Bertz CT molecular complexity index is 676. The minimum absolute atomic E-state index is 0.155. The molecule has 106 valence electrons. The van der Waals surface area contributed by atoms with E-state index in [0.29, 0.717) is 22.8 Å². The first kappa shape index (κ1) is 14.6. The summed E-state index contributed by atoms with van der Waals surface area (Å²) in [6.07, 6.45) is 0.603. The number of para-hydroxylation sites is 1. The van der Waals surface area contributed by atoms with E-state index in [9.17, 15) is 8.42 Å². The maximum atomic E-state index is 12.2. The van der Waals surface area contributed by atoms with Gasteiger partial charge >= 0.3 is 0 Å². The maximum Gasteiger partial charge on any atom is 0.178 e. The fraction of sp³-hybridized carbons (Fsp3) is 0.250. The Morgan fingerprint density at radius 2 is 1.70 bits per heavy atom. The van der Waals surface area contributed by atoms with Gasteiger partial charge in [-0.1, -0.05) is 31.2 Å². The van der Waals surface area contributed by atoms with Crippen LogP contribution < -0.4 is 4.74 Å². The van der Waals surface area contributed by atoms with E-state index in [1.165, 1.54) is 0 Å². The standard InChI is InChI=1S/C16H18O3S/c1-3-11-20(17,18)16-12-15(10-9-13(16)2)19-14-7-5-4-6-8-14/h4-10,12H,3,11H2,1-2H3. The van der Waals surface area contributed by atoms with Crippen LogP contribution in [-0.4, -0.2) is 14.2 Å². The number of ether oxygens (including phenoxy) is 1. The summed E-state index contributed by atoms with van der Waals surface area (Å²) in [6, 6.07) is 14.5. The van der Waals surface area contributed by atoms with Crippen molar-refractivity contribution in [2.24, 2.45) is 0 Å². The van der Waals surface area contributed by atoms with Crippen LogP contribution in [0.4, 0.5) is 0 Å². The van der Waals surface area contributed by atoms with Gasteiger partial charge < -0.3 is 4.74 Å². The van der Waals surface area contributed by atoms with Crippen LogP contribution in [0, 0.1) is 6.92 Å². The summed E-state index contributed by atoms with van der Waals surface area (Å²) in [7, 11) is -3.24. The Morgan fingerprint density at radius 1 is 1.00 bits per heavy atom. The van der Waals surface area contributed by atoms with Gasteiger partial charge in [-0.3, -0.25) is 0 Å². The molecule has 20 heavy (non-hydrogen) atoms. The first-order valence-corrected chi connectivity index (χ1v) is 8.24. The van der Waals surface area contributed by atoms with Crippen LogP contribution in [0.5, 0.6) is 11.5 Å². The van der Waals surface area contributed by atoms with Crippen molar-refractivity contribution in [3.05, 3.63) is 54.1 Å². The summed E-state index contributed by atoms with van der Waals surface area (Å²) in [4.78, 5) is 0.354. The normalized spacial score (nSPS) is 11.3. The SMILES string of the molecule is CCCS(=O)(=O)c1cc(Oc2ccccc2)ccc1C. The molecule has 0 bridgehead atoms. The molecule has 0 aliphatic heterocycles. The van der Waals surface area contributed by atoms with Crippen molar-refractivity contribution in [3.63, 3.8) is 0 Å². The lowest BCUT2D eigenvalue weighted by Crippen LogP contribution is -2.07. The third-order valence-electron chi connectivity index (χ3n) is 2.95. The Balaban J connectivity index is 2.34. The molecule has 0 radical (unpaired) electrons. The van der Waals surface area contributed by atoms with E-state index in [4.69, 9.17) is 4.74 Å². The molecule has 2 aromatic carbocycles. The van der Waals surface area contributed by atoms with E-state index in [0.717, 1.165) is 5.56 Å². The largest absolute Gasteiger partial charge is 0.457 e. The monoisotopic (exact) mass is 290 g/mol. The lowest BCUT2D eigenvalue weighted by atomic mass is 10.2. The zero-order chi connectivity index (χ0) is 14.6. The Kier molecular flexibility index (Phi) is 4.45. The molecule has 4 heteroatoms. The van der Waals surface area contributed by atoms with Gasteiger partial charge in [0.25, 0.3) is 0 Å². The average molecular weight is 290 g/mol. The van der Waals surface area contributed by atoms with E-state index in [1.807, 2.05) is 37.3 Å². The lowest BCUT2D eigenvalue weighted by molar-refractivity contribution is 0.480. The smallest absolute Gasteiger partial charge is 0.178 e. The second-order valence-electron chi connectivity index (χ2n) is 4.66. The summed E-state index contributed by atoms with van der Waals surface area (Å²) in [5.41, 5.74) is 0.749. The topological polar surface area (TPSA) is 43.4 Å². The van der Waals surface area contributed by atoms with E-state index >= 15 is 0 Å². The van der Waals surface area contributed by atoms with Crippen LogP contribution in [0.1, 0.15) is 18.9 Å². The van der Waals surface area contributed by atoms with Gasteiger partial charge in [0, 0.05) is 0 Å². The third kappa shape index (κ3) is 3.39. The van der Waals surface area contributed by atoms with Gasteiger partial charge in [-0.25, -0.2) is 8.42 Å². The molecule has 0 atom stereocenters. The van der Waals surface area contributed by atoms with E-state index in [1.54, 1.807) is 25.1 Å². The van der Waals surface area contributed by atoms with Gasteiger partial charge in [-0.05, 0) is 43.2 Å². The zero-order valence-electron chi connectivity index (χ0n) is 11.7. The Labute approximate surface area is 120 Å². The highest BCUT2D eigenvalue weighted by molar-refractivity contribution is 7.91. The molecular weight excluding hydrogens is 272 g/mol. The van der Waals surface area contributed by atoms with Gasteiger partial charge in [-0.2, -0.15) is 0 Å². The molecule has 0 spiro atoms. The van der Waals surface area contributed by atoms with Gasteiger partial charge in [0.15, 0.2) is 9.84 Å². The summed E-state index contributed by atoms with van der Waals surface area (Å²) < 4.78 is 30.1. The first-order valence-electron chi connectivity index (χ1n) is 6.59. The summed E-state index contributed by atoms with van der Waals surface area (Å²) in [6.45, 7) is 3.66. The first-order chi connectivity index (χ1) is 9.53. The minimum atomic E-state index is -3.24. The number of hydrogen-bond acceptors (Lipinski definition) is 3. The van der Waals surface area contributed by atoms with Crippen molar-refractivity contribution in [3.8, 4) is 11.5 Å². The maximum absolute atomic E-state index is 12.2. The highest BCUT2D eigenvalue weighted by Crippen LogP contribution is 2.27. The van der Waals surface area contributed by atoms with Gasteiger partial charge in [0.05, 0.1) is 10.6 Å². The molecule has 0 amide bonds. The van der Waals surface area contributed by atoms with Crippen molar-refractivity contribution in [2.45, 2.75) is 25.2 Å². The molecule has 0 aromatic heterocycles. The van der Waals surface area contributed by atoms with Crippen LogP contribution in [0.2, 0.25) is 0 Å².